The first-order valence-electron chi connectivity index (χ1n) is 7.45. The molecule has 1 amide bonds. The van der Waals surface area contributed by atoms with Gasteiger partial charge in [0.05, 0.1) is 4.92 Å². The van der Waals surface area contributed by atoms with E-state index < -0.39 is 22.3 Å². The zero-order valence-electron chi connectivity index (χ0n) is 14.0. The number of para-hydroxylation sites is 1. The Morgan fingerprint density at radius 2 is 1.88 bits per heavy atom. The third-order valence-corrected chi connectivity index (χ3v) is 3.32. The molecule has 0 aliphatic heterocycles. The lowest BCUT2D eigenvalue weighted by Crippen LogP contribution is -2.14. The van der Waals surface area contributed by atoms with E-state index in [0.29, 0.717) is 5.69 Å². The molecular formula is C17H16N4O5. The first-order valence-corrected chi connectivity index (χ1v) is 7.45. The van der Waals surface area contributed by atoms with Crippen LogP contribution in [0, 0.1) is 17.0 Å². The number of hydrogen-bond acceptors (Lipinski definition) is 7. The van der Waals surface area contributed by atoms with Gasteiger partial charge in [-0.1, -0.05) is 18.2 Å². The highest BCUT2D eigenvalue weighted by atomic mass is 16.6. The van der Waals surface area contributed by atoms with Gasteiger partial charge >= 0.3 is 0 Å². The van der Waals surface area contributed by atoms with Crippen molar-refractivity contribution in [1.29, 1.82) is 0 Å². The summed E-state index contributed by atoms with van der Waals surface area (Å²) < 4.78 is 0. The average molecular weight is 356 g/mol. The largest absolute Gasteiger partial charge is 0.510 e. The Morgan fingerprint density at radius 3 is 2.46 bits per heavy atom. The zero-order chi connectivity index (χ0) is 19.3. The molecule has 0 saturated carbocycles. The van der Waals surface area contributed by atoms with E-state index in [9.17, 15) is 25.1 Å². The fourth-order valence-electron chi connectivity index (χ4n) is 2.02. The second-order valence-electron chi connectivity index (χ2n) is 5.34. The van der Waals surface area contributed by atoms with Crippen molar-refractivity contribution in [3.05, 3.63) is 69.6 Å². The van der Waals surface area contributed by atoms with Crippen LogP contribution in [0.2, 0.25) is 0 Å². The first kappa shape index (κ1) is 18.6. The van der Waals surface area contributed by atoms with E-state index in [0.717, 1.165) is 6.07 Å². The van der Waals surface area contributed by atoms with Crippen LogP contribution in [0.15, 0.2) is 64.1 Å². The number of anilines is 1. The topological polar surface area (TPSA) is 137 Å². The molecule has 0 aliphatic carbocycles. The summed E-state index contributed by atoms with van der Waals surface area (Å²) in [5.74, 6) is -1.43. The zero-order valence-corrected chi connectivity index (χ0v) is 14.0. The fraction of sp³-hybridized carbons (Fsp3) is 0.118. The van der Waals surface area contributed by atoms with E-state index in [1.165, 1.54) is 19.9 Å². The molecule has 0 spiro atoms. The predicted octanol–water partition coefficient (Wildman–Crippen LogP) is 4.12. The number of phenols is 1. The van der Waals surface area contributed by atoms with Gasteiger partial charge in [0.15, 0.2) is 5.70 Å². The minimum absolute atomic E-state index is 0.192. The van der Waals surface area contributed by atoms with Crippen LogP contribution in [-0.4, -0.2) is 21.0 Å². The molecule has 9 heteroatoms. The Balaban J connectivity index is 2.32. The van der Waals surface area contributed by atoms with Gasteiger partial charge in [-0.15, -0.1) is 10.2 Å². The molecule has 3 N–H and O–H groups in total. The van der Waals surface area contributed by atoms with Crippen LogP contribution in [0.25, 0.3) is 0 Å². The first-order chi connectivity index (χ1) is 12.3. The van der Waals surface area contributed by atoms with E-state index in [-0.39, 0.29) is 22.7 Å². The fourth-order valence-corrected chi connectivity index (χ4v) is 2.02. The van der Waals surface area contributed by atoms with Crippen molar-refractivity contribution in [3.8, 4) is 5.75 Å². The summed E-state index contributed by atoms with van der Waals surface area (Å²) >= 11 is 0. The van der Waals surface area contributed by atoms with Crippen LogP contribution in [0.4, 0.5) is 17.1 Å². The van der Waals surface area contributed by atoms with Crippen molar-refractivity contribution < 1.29 is 19.9 Å². The number of nitro groups is 1. The van der Waals surface area contributed by atoms with E-state index in [4.69, 9.17) is 0 Å². The highest BCUT2D eigenvalue weighted by Crippen LogP contribution is 2.35. The smallest absolute Gasteiger partial charge is 0.279 e. The van der Waals surface area contributed by atoms with Crippen molar-refractivity contribution in [2.24, 2.45) is 10.2 Å². The molecule has 2 rings (SSSR count). The molecule has 26 heavy (non-hydrogen) atoms. The number of aryl methyl sites for hydroxylation is 1. The standard InChI is InChI=1S/C17H16N4O5/c1-10-8-13(21(25)26)9-14(16(10)23)19-20-15(11(2)22)17(24)18-12-6-4-3-5-7-12/h3-9,22-23H,1-2H3,(H,18,24)/b15-11-,20-19?. The van der Waals surface area contributed by atoms with Gasteiger partial charge in [0, 0.05) is 17.8 Å². The number of rotatable bonds is 5. The third-order valence-electron chi connectivity index (χ3n) is 3.32. The highest BCUT2D eigenvalue weighted by Gasteiger charge is 2.16. The second kappa shape index (κ2) is 7.88. The summed E-state index contributed by atoms with van der Waals surface area (Å²) in [5, 5.41) is 40.5. The summed E-state index contributed by atoms with van der Waals surface area (Å²) in [6, 6.07) is 10.7. The number of amides is 1. The maximum Gasteiger partial charge on any atom is 0.279 e. The van der Waals surface area contributed by atoms with Gasteiger partial charge < -0.3 is 15.5 Å². The van der Waals surface area contributed by atoms with Crippen LogP contribution in [0.3, 0.4) is 0 Å². The molecule has 0 unspecified atom stereocenters. The van der Waals surface area contributed by atoms with E-state index in [1.807, 2.05) is 0 Å². The van der Waals surface area contributed by atoms with Crippen LogP contribution >= 0.6 is 0 Å². The van der Waals surface area contributed by atoms with Crippen molar-refractivity contribution in [2.75, 3.05) is 5.32 Å². The number of hydrogen-bond donors (Lipinski definition) is 3. The molecule has 0 radical (unpaired) electrons. The molecule has 2 aromatic rings. The van der Waals surface area contributed by atoms with Crippen molar-refractivity contribution in [2.45, 2.75) is 13.8 Å². The summed E-state index contributed by atoms with van der Waals surface area (Å²) in [5.41, 5.74) is -0.150. The SMILES string of the molecule is C/C(O)=C(/N=Nc1cc([N+](=O)[O-])cc(C)c1O)C(=O)Nc1ccccc1. The molecule has 2 aromatic carbocycles. The quantitative estimate of drug-likeness (QED) is 0.243. The molecule has 9 nitrogen and oxygen atoms in total. The number of allylic oxidation sites excluding steroid dienone is 1. The van der Waals surface area contributed by atoms with Gasteiger partial charge in [-0.05, 0) is 31.5 Å². The molecule has 0 aromatic heterocycles. The van der Waals surface area contributed by atoms with Gasteiger partial charge in [0.25, 0.3) is 11.6 Å². The van der Waals surface area contributed by atoms with Gasteiger partial charge in [0.1, 0.15) is 17.2 Å². The Hall–Kier alpha value is -3.75. The lowest BCUT2D eigenvalue weighted by Gasteiger charge is -2.06. The number of carbonyl (C=O) groups is 1. The lowest BCUT2D eigenvalue weighted by atomic mass is 10.1. The van der Waals surface area contributed by atoms with Crippen LogP contribution in [0.5, 0.6) is 5.75 Å². The van der Waals surface area contributed by atoms with Crippen molar-refractivity contribution in [1.82, 2.24) is 0 Å². The van der Waals surface area contributed by atoms with Gasteiger partial charge in [-0.25, -0.2) is 0 Å². The number of phenolic OH excluding ortho intramolecular Hbond substituents is 1. The number of benzene rings is 2. The van der Waals surface area contributed by atoms with Crippen molar-refractivity contribution in [3.63, 3.8) is 0 Å². The lowest BCUT2D eigenvalue weighted by molar-refractivity contribution is -0.384. The molecule has 0 aliphatic rings. The Labute approximate surface area is 148 Å². The van der Waals surface area contributed by atoms with E-state index in [1.54, 1.807) is 30.3 Å². The minimum Gasteiger partial charge on any atom is -0.510 e. The molecule has 0 bridgehead atoms. The molecule has 0 saturated heterocycles. The number of carbonyl (C=O) groups excluding carboxylic acids is 1. The summed E-state index contributed by atoms with van der Waals surface area (Å²) in [7, 11) is 0. The summed E-state index contributed by atoms with van der Waals surface area (Å²) in [4.78, 5) is 22.5. The number of aliphatic hydroxyl groups excluding tert-OH is 1. The normalized spacial score (nSPS) is 11.9. The molecule has 0 atom stereocenters. The average Bonchev–Trinajstić information content (AvgIpc) is 2.58. The van der Waals surface area contributed by atoms with Gasteiger partial charge in [-0.3, -0.25) is 14.9 Å². The Morgan fingerprint density at radius 1 is 1.23 bits per heavy atom. The monoisotopic (exact) mass is 356 g/mol. The Bertz CT molecular complexity index is 903. The van der Waals surface area contributed by atoms with Gasteiger partial charge in [0.2, 0.25) is 0 Å². The maximum atomic E-state index is 12.2. The maximum absolute atomic E-state index is 12.2. The predicted molar refractivity (Wildman–Crippen MR) is 94.4 cm³/mol. The second-order valence-corrected chi connectivity index (χ2v) is 5.34. The number of aliphatic hydroxyl groups is 1. The number of non-ortho nitro benzene ring substituents is 1. The van der Waals surface area contributed by atoms with Crippen molar-refractivity contribution >= 4 is 23.0 Å². The molecule has 0 heterocycles. The van der Waals surface area contributed by atoms with E-state index in [2.05, 4.69) is 15.5 Å². The number of aromatic hydroxyl groups is 1. The third kappa shape index (κ3) is 4.41. The highest BCUT2D eigenvalue weighted by molar-refractivity contribution is 6.03. The number of nitro benzene ring substituents is 1. The van der Waals surface area contributed by atoms with Crippen LogP contribution in [-0.2, 0) is 4.79 Å². The number of azo groups is 1. The van der Waals surface area contributed by atoms with E-state index >= 15 is 0 Å². The van der Waals surface area contributed by atoms with Gasteiger partial charge in [-0.2, -0.15) is 0 Å². The number of nitrogens with one attached hydrogen (secondary N) is 1. The van der Waals surface area contributed by atoms with Crippen LogP contribution in [0.1, 0.15) is 12.5 Å². The molecule has 134 valence electrons. The molecular weight excluding hydrogens is 340 g/mol. The summed E-state index contributed by atoms with van der Waals surface area (Å²) in [6.07, 6.45) is 0. The summed E-state index contributed by atoms with van der Waals surface area (Å²) in [6.45, 7) is 2.72. The minimum atomic E-state index is -0.721. The van der Waals surface area contributed by atoms with Crippen LogP contribution < -0.4 is 5.32 Å². The number of nitrogens with zero attached hydrogens (tertiary/aromatic N) is 3. The Kier molecular flexibility index (Phi) is 5.63. The molecule has 0 fully saturated rings.